The molecule has 0 bridgehead atoms. The SMILES string of the molecule is C=CCOc1cccc(C(=O)Cl)c1. The molecule has 3 heteroatoms. The Morgan fingerprint density at radius 3 is 3.00 bits per heavy atom. The Morgan fingerprint density at radius 2 is 2.38 bits per heavy atom. The number of hydrogen-bond acceptors (Lipinski definition) is 2. The highest BCUT2D eigenvalue weighted by Crippen LogP contribution is 2.14. The third-order valence-electron chi connectivity index (χ3n) is 1.43. The van der Waals surface area contributed by atoms with Crippen molar-refractivity contribution in [2.75, 3.05) is 6.61 Å². The number of hydrogen-bond donors (Lipinski definition) is 0. The highest BCUT2D eigenvalue weighted by Gasteiger charge is 2.01. The van der Waals surface area contributed by atoms with E-state index in [9.17, 15) is 4.79 Å². The molecule has 2 nitrogen and oxygen atoms in total. The van der Waals surface area contributed by atoms with Gasteiger partial charge in [-0.2, -0.15) is 0 Å². The van der Waals surface area contributed by atoms with E-state index in [2.05, 4.69) is 6.58 Å². The lowest BCUT2D eigenvalue weighted by molar-refractivity contribution is 0.108. The molecule has 1 aromatic rings. The maximum absolute atomic E-state index is 10.8. The predicted octanol–water partition coefficient (Wildman–Crippen LogP) is 2.63. The molecule has 0 radical (unpaired) electrons. The smallest absolute Gasteiger partial charge is 0.252 e. The molecule has 13 heavy (non-hydrogen) atoms. The topological polar surface area (TPSA) is 26.3 Å². The van der Waals surface area contributed by atoms with Crippen molar-refractivity contribution in [1.29, 1.82) is 0 Å². The molecule has 0 saturated carbocycles. The molecule has 0 aliphatic heterocycles. The Labute approximate surface area is 81.8 Å². The van der Waals surface area contributed by atoms with Crippen LogP contribution in [0.25, 0.3) is 0 Å². The molecule has 0 atom stereocenters. The fourth-order valence-corrected chi connectivity index (χ4v) is 0.981. The van der Waals surface area contributed by atoms with E-state index >= 15 is 0 Å². The number of carbonyl (C=O) groups excluding carboxylic acids is 1. The first kappa shape index (κ1) is 9.81. The Kier molecular flexibility index (Phi) is 3.53. The highest BCUT2D eigenvalue weighted by molar-refractivity contribution is 6.67. The maximum atomic E-state index is 10.8. The van der Waals surface area contributed by atoms with Crippen LogP contribution >= 0.6 is 11.6 Å². The van der Waals surface area contributed by atoms with Crippen molar-refractivity contribution in [3.63, 3.8) is 0 Å². The summed E-state index contributed by atoms with van der Waals surface area (Å²) in [6, 6.07) is 6.70. The predicted molar refractivity (Wildman–Crippen MR) is 52.3 cm³/mol. The summed E-state index contributed by atoms with van der Waals surface area (Å²) < 4.78 is 5.22. The van der Waals surface area contributed by atoms with Gasteiger partial charge in [-0.3, -0.25) is 4.79 Å². The molecule has 0 heterocycles. The van der Waals surface area contributed by atoms with Crippen molar-refractivity contribution in [3.05, 3.63) is 42.5 Å². The van der Waals surface area contributed by atoms with Gasteiger partial charge in [0.05, 0.1) is 0 Å². The zero-order chi connectivity index (χ0) is 9.68. The van der Waals surface area contributed by atoms with Gasteiger partial charge in [-0.25, -0.2) is 0 Å². The zero-order valence-corrected chi connectivity index (χ0v) is 7.75. The van der Waals surface area contributed by atoms with Crippen molar-refractivity contribution in [2.45, 2.75) is 0 Å². The quantitative estimate of drug-likeness (QED) is 0.547. The molecular weight excluding hydrogens is 188 g/mol. The second-order valence-electron chi connectivity index (χ2n) is 2.40. The molecule has 1 aromatic carbocycles. The summed E-state index contributed by atoms with van der Waals surface area (Å²) in [4.78, 5) is 10.8. The summed E-state index contributed by atoms with van der Waals surface area (Å²) in [7, 11) is 0. The van der Waals surface area contributed by atoms with Crippen LogP contribution in [0.2, 0.25) is 0 Å². The normalized spacial score (nSPS) is 9.31. The third kappa shape index (κ3) is 2.92. The van der Waals surface area contributed by atoms with E-state index in [0.29, 0.717) is 17.9 Å². The van der Waals surface area contributed by atoms with Gasteiger partial charge in [0.1, 0.15) is 12.4 Å². The number of ether oxygens (including phenoxy) is 1. The lowest BCUT2D eigenvalue weighted by Crippen LogP contribution is -1.94. The second-order valence-corrected chi connectivity index (χ2v) is 2.74. The van der Waals surface area contributed by atoms with E-state index in [1.165, 1.54) is 0 Å². The maximum Gasteiger partial charge on any atom is 0.252 e. The molecule has 0 spiro atoms. The van der Waals surface area contributed by atoms with E-state index in [0.717, 1.165) is 0 Å². The summed E-state index contributed by atoms with van der Waals surface area (Å²) in [5.74, 6) is 0.617. The van der Waals surface area contributed by atoms with Gasteiger partial charge in [0, 0.05) is 5.56 Å². The average Bonchev–Trinajstić information content (AvgIpc) is 2.15. The van der Waals surface area contributed by atoms with Crippen LogP contribution in [0.15, 0.2) is 36.9 Å². The van der Waals surface area contributed by atoms with Gasteiger partial charge in [-0.15, -0.1) is 0 Å². The van der Waals surface area contributed by atoms with E-state index in [4.69, 9.17) is 16.3 Å². The van der Waals surface area contributed by atoms with Gasteiger partial charge in [0.2, 0.25) is 0 Å². The summed E-state index contributed by atoms with van der Waals surface area (Å²) in [5, 5.41) is -0.482. The monoisotopic (exact) mass is 196 g/mol. The first-order chi connectivity index (χ1) is 6.24. The van der Waals surface area contributed by atoms with Crippen LogP contribution < -0.4 is 4.74 Å². The van der Waals surface area contributed by atoms with Crippen LogP contribution in [0.4, 0.5) is 0 Å². The van der Waals surface area contributed by atoms with Gasteiger partial charge in [-0.05, 0) is 29.8 Å². The first-order valence-electron chi connectivity index (χ1n) is 3.77. The second kappa shape index (κ2) is 4.67. The van der Waals surface area contributed by atoms with Crippen LogP contribution in [0.3, 0.4) is 0 Å². The molecule has 0 aliphatic carbocycles. The largest absolute Gasteiger partial charge is 0.490 e. The average molecular weight is 197 g/mol. The van der Waals surface area contributed by atoms with Crippen molar-refractivity contribution in [1.82, 2.24) is 0 Å². The van der Waals surface area contributed by atoms with Crippen LogP contribution in [-0.2, 0) is 0 Å². The summed E-state index contributed by atoms with van der Waals surface area (Å²) >= 11 is 5.29. The summed E-state index contributed by atoms with van der Waals surface area (Å²) in [6.07, 6.45) is 1.63. The minimum Gasteiger partial charge on any atom is -0.490 e. The molecule has 0 saturated heterocycles. The number of benzene rings is 1. The molecule has 0 amide bonds. The third-order valence-corrected chi connectivity index (χ3v) is 1.65. The van der Waals surface area contributed by atoms with Crippen molar-refractivity contribution >= 4 is 16.8 Å². The molecular formula is C10H9ClO2. The minimum absolute atomic E-state index is 0.417. The minimum atomic E-state index is -0.482. The van der Waals surface area contributed by atoms with E-state index < -0.39 is 5.24 Å². The molecule has 0 aliphatic rings. The van der Waals surface area contributed by atoms with Crippen LogP contribution in [0.1, 0.15) is 10.4 Å². The van der Waals surface area contributed by atoms with Crippen LogP contribution in [0, 0.1) is 0 Å². The van der Waals surface area contributed by atoms with Gasteiger partial charge < -0.3 is 4.74 Å². The van der Waals surface area contributed by atoms with Crippen molar-refractivity contribution in [2.24, 2.45) is 0 Å². The lowest BCUT2D eigenvalue weighted by atomic mass is 10.2. The molecule has 68 valence electrons. The van der Waals surface area contributed by atoms with Gasteiger partial charge in [0.25, 0.3) is 5.24 Å². The van der Waals surface area contributed by atoms with Crippen LogP contribution in [-0.4, -0.2) is 11.8 Å². The molecule has 0 N–H and O–H groups in total. The van der Waals surface area contributed by atoms with Gasteiger partial charge in [0.15, 0.2) is 0 Å². The number of rotatable bonds is 4. The van der Waals surface area contributed by atoms with Gasteiger partial charge >= 0.3 is 0 Å². The molecule has 0 fully saturated rings. The Morgan fingerprint density at radius 1 is 1.62 bits per heavy atom. The van der Waals surface area contributed by atoms with E-state index in [1.54, 1.807) is 30.3 Å². The Bertz CT molecular complexity index is 320. The zero-order valence-electron chi connectivity index (χ0n) is 7.00. The molecule has 0 aromatic heterocycles. The molecule has 1 rings (SSSR count). The first-order valence-corrected chi connectivity index (χ1v) is 4.15. The van der Waals surface area contributed by atoms with E-state index in [1.807, 2.05) is 0 Å². The summed E-state index contributed by atoms with van der Waals surface area (Å²) in [6.45, 7) is 3.93. The summed E-state index contributed by atoms with van der Waals surface area (Å²) in [5.41, 5.74) is 0.434. The van der Waals surface area contributed by atoms with Crippen molar-refractivity contribution < 1.29 is 9.53 Å². The Balaban J connectivity index is 2.79. The fraction of sp³-hybridized carbons (Fsp3) is 0.100. The molecule has 0 unspecified atom stereocenters. The van der Waals surface area contributed by atoms with E-state index in [-0.39, 0.29) is 0 Å². The highest BCUT2D eigenvalue weighted by atomic mass is 35.5. The van der Waals surface area contributed by atoms with Crippen molar-refractivity contribution in [3.8, 4) is 5.75 Å². The Hall–Kier alpha value is -1.28. The van der Waals surface area contributed by atoms with Crippen LogP contribution in [0.5, 0.6) is 5.75 Å². The number of halogens is 1. The lowest BCUT2D eigenvalue weighted by Gasteiger charge is -2.02. The fourth-order valence-electron chi connectivity index (χ4n) is 0.863. The number of carbonyl (C=O) groups is 1. The van der Waals surface area contributed by atoms with Gasteiger partial charge in [-0.1, -0.05) is 18.7 Å². The standard InChI is InChI=1S/C10H9ClO2/c1-2-6-13-9-5-3-4-8(7-9)10(11)12/h2-5,7H,1,6H2.